The van der Waals surface area contributed by atoms with Crippen LogP contribution in [0.4, 0.5) is 5.69 Å². The third kappa shape index (κ3) is 5.28. The summed E-state index contributed by atoms with van der Waals surface area (Å²) < 4.78 is 5.35. The van der Waals surface area contributed by atoms with Crippen LogP contribution in [0.1, 0.15) is 32.1 Å². The Balaban J connectivity index is 1.55. The molecule has 28 heavy (non-hydrogen) atoms. The first-order valence-corrected chi connectivity index (χ1v) is 9.65. The lowest BCUT2D eigenvalue weighted by molar-refractivity contribution is 0.0949. The molecule has 0 aliphatic carbocycles. The van der Waals surface area contributed by atoms with Gasteiger partial charge >= 0.3 is 0 Å². The number of amides is 2. The van der Waals surface area contributed by atoms with Gasteiger partial charge in [0.1, 0.15) is 10.8 Å². The average Bonchev–Trinajstić information content (AvgIpc) is 3.16. The van der Waals surface area contributed by atoms with E-state index >= 15 is 0 Å². The second kappa shape index (κ2) is 9.29. The van der Waals surface area contributed by atoms with Gasteiger partial charge in [-0.1, -0.05) is 29.0 Å². The van der Waals surface area contributed by atoms with Crippen molar-refractivity contribution in [3.63, 3.8) is 0 Å². The molecule has 1 aromatic heterocycles. The van der Waals surface area contributed by atoms with Crippen LogP contribution in [0.2, 0.25) is 5.02 Å². The number of nitrogens with one attached hydrogen (secondary N) is 2. The number of anilines is 1. The molecule has 144 valence electrons. The van der Waals surface area contributed by atoms with Gasteiger partial charge in [-0.25, -0.2) is 0 Å². The molecule has 1 heterocycles. The van der Waals surface area contributed by atoms with E-state index in [0.29, 0.717) is 33.6 Å². The fourth-order valence-corrected chi connectivity index (χ4v) is 3.16. The molecule has 7 nitrogen and oxygen atoms in total. The van der Waals surface area contributed by atoms with Crippen molar-refractivity contribution in [1.29, 1.82) is 0 Å². The zero-order chi connectivity index (χ0) is 19.9. The lowest BCUT2D eigenvalue weighted by Gasteiger charge is -2.05. The van der Waals surface area contributed by atoms with Crippen LogP contribution in [0.15, 0.2) is 48.5 Å². The summed E-state index contributed by atoms with van der Waals surface area (Å²) in [5.74, 6) is 0.0746. The van der Waals surface area contributed by atoms with Gasteiger partial charge in [-0.2, -0.15) is 0 Å². The van der Waals surface area contributed by atoms with Crippen molar-refractivity contribution in [3.8, 4) is 5.75 Å². The van der Waals surface area contributed by atoms with Crippen molar-refractivity contribution in [2.75, 3.05) is 11.9 Å². The van der Waals surface area contributed by atoms with Gasteiger partial charge in [-0.3, -0.25) is 9.59 Å². The fourth-order valence-electron chi connectivity index (χ4n) is 2.29. The first kappa shape index (κ1) is 19.8. The summed E-state index contributed by atoms with van der Waals surface area (Å²) in [7, 11) is 0. The van der Waals surface area contributed by atoms with E-state index in [0.717, 1.165) is 11.3 Å². The largest absolute Gasteiger partial charge is 0.494 e. The molecule has 3 aromatic rings. The van der Waals surface area contributed by atoms with Crippen LogP contribution in [0.25, 0.3) is 0 Å². The lowest BCUT2D eigenvalue weighted by atomic mass is 10.2. The highest BCUT2D eigenvalue weighted by atomic mass is 35.5. The van der Waals surface area contributed by atoms with Gasteiger partial charge in [0.2, 0.25) is 5.01 Å². The Morgan fingerprint density at radius 2 is 1.89 bits per heavy atom. The molecule has 3 rings (SSSR count). The van der Waals surface area contributed by atoms with E-state index in [4.69, 9.17) is 16.3 Å². The third-order valence-electron chi connectivity index (χ3n) is 3.57. The number of rotatable bonds is 7. The average molecular weight is 417 g/mol. The quantitative estimate of drug-likeness (QED) is 0.611. The van der Waals surface area contributed by atoms with Crippen molar-refractivity contribution in [3.05, 3.63) is 69.1 Å². The summed E-state index contributed by atoms with van der Waals surface area (Å²) in [6.45, 7) is 2.64. The summed E-state index contributed by atoms with van der Waals surface area (Å²) in [4.78, 5) is 24.5. The Bertz CT molecular complexity index is 975. The van der Waals surface area contributed by atoms with Crippen LogP contribution in [-0.2, 0) is 6.54 Å². The Labute approximate surface area is 170 Å². The molecule has 0 radical (unpaired) electrons. The minimum Gasteiger partial charge on any atom is -0.494 e. The Kier molecular flexibility index (Phi) is 6.57. The number of benzene rings is 2. The molecule has 2 amide bonds. The highest BCUT2D eigenvalue weighted by molar-refractivity contribution is 7.13. The van der Waals surface area contributed by atoms with Gasteiger partial charge in [0.05, 0.1) is 13.2 Å². The number of hydrogen-bond acceptors (Lipinski definition) is 6. The monoisotopic (exact) mass is 416 g/mol. The molecule has 2 N–H and O–H groups in total. The van der Waals surface area contributed by atoms with Crippen molar-refractivity contribution >= 4 is 40.4 Å². The van der Waals surface area contributed by atoms with Crippen molar-refractivity contribution in [2.45, 2.75) is 13.5 Å². The van der Waals surface area contributed by atoms with Crippen molar-refractivity contribution in [1.82, 2.24) is 15.5 Å². The molecule has 0 unspecified atom stereocenters. The van der Waals surface area contributed by atoms with Crippen LogP contribution in [0.5, 0.6) is 5.75 Å². The maximum atomic E-state index is 12.2. The fraction of sp³-hybridized carbons (Fsp3) is 0.158. The summed E-state index contributed by atoms with van der Waals surface area (Å²) in [6, 6.07) is 13.7. The van der Waals surface area contributed by atoms with E-state index in [9.17, 15) is 9.59 Å². The number of ether oxygens (including phenoxy) is 1. The number of halogens is 1. The van der Waals surface area contributed by atoms with E-state index < -0.39 is 0 Å². The molecular weight excluding hydrogens is 400 g/mol. The van der Waals surface area contributed by atoms with E-state index in [-0.39, 0.29) is 23.4 Å². The number of carbonyl (C=O) groups is 2. The molecule has 9 heteroatoms. The molecule has 2 aromatic carbocycles. The number of nitrogens with zero attached hydrogens (tertiary/aromatic N) is 2. The molecule has 0 spiro atoms. The second-order valence-electron chi connectivity index (χ2n) is 5.61. The predicted molar refractivity (Wildman–Crippen MR) is 108 cm³/mol. The van der Waals surface area contributed by atoms with Crippen LogP contribution < -0.4 is 15.4 Å². The topological polar surface area (TPSA) is 93.2 Å². The SMILES string of the molecule is CCOc1ccc(C(=O)NCc2nnc(C(=O)Nc3cccc(Cl)c3)s2)cc1. The summed E-state index contributed by atoms with van der Waals surface area (Å²) in [5, 5.41) is 14.5. The summed E-state index contributed by atoms with van der Waals surface area (Å²) >= 11 is 7.01. The molecule has 0 aliphatic rings. The molecular formula is C19H17ClN4O3S. The first-order chi connectivity index (χ1) is 13.5. The molecule has 0 fully saturated rings. The van der Waals surface area contributed by atoms with Gasteiger partial charge < -0.3 is 15.4 Å². The summed E-state index contributed by atoms with van der Waals surface area (Å²) in [5.41, 5.74) is 1.07. The molecule has 0 bridgehead atoms. The zero-order valence-electron chi connectivity index (χ0n) is 14.9. The molecule has 0 saturated carbocycles. The molecule has 0 atom stereocenters. The minimum atomic E-state index is -0.385. The predicted octanol–water partition coefficient (Wildman–Crippen LogP) is 3.77. The Hall–Kier alpha value is -2.97. The Morgan fingerprint density at radius 1 is 1.11 bits per heavy atom. The molecule has 0 saturated heterocycles. The summed E-state index contributed by atoms with van der Waals surface area (Å²) in [6.07, 6.45) is 0. The second-order valence-corrected chi connectivity index (χ2v) is 7.10. The smallest absolute Gasteiger partial charge is 0.286 e. The van der Waals surface area contributed by atoms with E-state index in [2.05, 4.69) is 20.8 Å². The highest BCUT2D eigenvalue weighted by Gasteiger charge is 2.14. The van der Waals surface area contributed by atoms with E-state index in [1.807, 2.05) is 6.92 Å². The van der Waals surface area contributed by atoms with E-state index in [1.54, 1.807) is 48.5 Å². The lowest BCUT2D eigenvalue weighted by Crippen LogP contribution is -2.22. The van der Waals surface area contributed by atoms with Crippen LogP contribution in [0, 0.1) is 0 Å². The third-order valence-corrected chi connectivity index (χ3v) is 4.73. The van der Waals surface area contributed by atoms with Crippen molar-refractivity contribution < 1.29 is 14.3 Å². The number of hydrogen-bond donors (Lipinski definition) is 2. The van der Waals surface area contributed by atoms with Crippen LogP contribution in [-0.4, -0.2) is 28.6 Å². The van der Waals surface area contributed by atoms with Gasteiger partial charge in [0.25, 0.3) is 11.8 Å². The maximum Gasteiger partial charge on any atom is 0.286 e. The normalized spacial score (nSPS) is 10.4. The van der Waals surface area contributed by atoms with Crippen LogP contribution in [0.3, 0.4) is 0 Å². The van der Waals surface area contributed by atoms with Crippen molar-refractivity contribution in [2.24, 2.45) is 0 Å². The van der Waals surface area contributed by atoms with Crippen LogP contribution >= 0.6 is 22.9 Å². The van der Waals surface area contributed by atoms with E-state index in [1.165, 1.54) is 0 Å². The van der Waals surface area contributed by atoms with Gasteiger partial charge in [0.15, 0.2) is 0 Å². The Morgan fingerprint density at radius 3 is 2.61 bits per heavy atom. The number of aromatic nitrogens is 2. The van der Waals surface area contributed by atoms with Gasteiger partial charge in [0, 0.05) is 16.3 Å². The zero-order valence-corrected chi connectivity index (χ0v) is 16.5. The standard InChI is InChI=1S/C19H17ClN4O3S/c1-2-27-15-8-6-12(7-9-15)17(25)21-11-16-23-24-19(28-16)18(26)22-14-5-3-4-13(20)10-14/h3-10H,2,11H2,1H3,(H,21,25)(H,22,26). The number of carbonyl (C=O) groups excluding carboxylic acids is 2. The first-order valence-electron chi connectivity index (χ1n) is 8.45. The minimum absolute atomic E-state index is 0.175. The van der Waals surface area contributed by atoms with Gasteiger partial charge in [-0.15, -0.1) is 10.2 Å². The maximum absolute atomic E-state index is 12.2. The highest BCUT2D eigenvalue weighted by Crippen LogP contribution is 2.17. The molecule has 0 aliphatic heterocycles. The van der Waals surface area contributed by atoms with Gasteiger partial charge in [-0.05, 0) is 49.4 Å².